The minimum atomic E-state index is -0.831. The molecule has 0 atom stereocenters. The van der Waals surface area contributed by atoms with Crippen molar-refractivity contribution in [2.24, 2.45) is 5.92 Å². The molecule has 1 aromatic heterocycles. The van der Waals surface area contributed by atoms with Crippen LogP contribution in [0.2, 0.25) is 0 Å². The van der Waals surface area contributed by atoms with E-state index < -0.39 is 5.97 Å². The summed E-state index contributed by atoms with van der Waals surface area (Å²) in [6.07, 6.45) is 0.813. The van der Waals surface area contributed by atoms with E-state index >= 15 is 0 Å². The van der Waals surface area contributed by atoms with E-state index in [4.69, 9.17) is 5.11 Å². The SMILES string of the molecule is CCc1nnc(SCC(=O)O)n1CC(C)C. The highest BCUT2D eigenvalue weighted by Crippen LogP contribution is 2.18. The topological polar surface area (TPSA) is 68.0 Å². The van der Waals surface area contributed by atoms with E-state index in [9.17, 15) is 4.79 Å². The molecule has 16 heavy (non-hydrogen) atoms. The number of aromatic nitrogens is 3. The molecule has 0 aromatic carbocycles. The van der Waals surface area contributed by atoms with Crippen LogP contribution in [-0.4, -0.2) is 31.6 Å². The Labute approximate surface area is 99.3 Å². The van der Waals surface area contributed by atoms with Crippen molar-refractivity contribution in [2.75, 3.05) is 5.75 Å². The number of nitrogens with zero attached hydrogens (tertiary/aromatic N) is 3. The van der Waals surface area contributed by atoms with Gasteiger partial charge in [-0.3, -0.25) is 4.79 Å². The molecule has 0 aliphatic carbocycles. The lowest BCUT2D eigenvalue weighted by atomic mass is 10.2. The maximum absolute atomic E-state index is 10.5. The monoisotopic (exact) mass is 243 g/mol. The van der Waals surface area contributed by atoms with Gasteiger partial charge in [0.25, 0.3) is 0 Å². The molecule has 1 heterocycles. The van der Waals surface area contributed by atoms with Gasteiger partial charge < -0.3 is 9.67 Å². The second-order valence-electron chi connectivity index (χ2n) is 3.94. The third-order valence-corrected chi connectivity index (χ3v) is 2.93. The predicted octanol–water partition coefficient (Wildman–Crippen LogP) is 1.67. The fraction of sp³-hybridized carbons (Fsp3) is 0.700. The van der Waals surface area contributed by atoms with Gasteiger partial charge in [0, 0.05) is 13.0 Å². The number of aryl methyl sites for hydroxylation is 1. The minimum absolute atomic E-state index is 0.0277. The molecule has 0 bridgehead atoms. The van der Waals surface area contributed by atoms with Crippen LogP contribution in [0.4, 0.5) is 0 Å². The molecule has 1 rings (SSSR count). The van der Waals surface area contributed by atoms with Crippen LogP contribution in [0, 0.1) is 5.92 Å². The van der Waals surface area contributed by atoms with Gasteiger partial charge in [0.15, 0.2) is 5.16 Å². The predicted molar refractivity (Wildman–Crippen MR) is 62.6 cm³/mol. The highest BCUT2D eigenvalue weighted by atomic mass is 32.2. The van der Waals surface area contributed by atoms with Crippen LogP contribution >= 0.6 is 11.8 Å². The van der Waals surface area contributed by atoms with Crippen LogP contribution in [0.25, 0.3) is 0 Å². The van der Waals surface area contributed by atoms with Crippen LogP contribution in [0.1, 0.15) is 26.6 Å². The Balaban J connectivity index is 2.82. The van der Waals surface area contributed by atoms with E-state index in [2.05, 4.69) is 24.0 Å². The zero-order valence-electron chi connectivity index (χ0n) is 9.80. The molecule has 0 amide bonds. The molecule has 90 valence electrons. The van der Waals surface area contributed by atoms with E-state index in [1.165, 1.54) is 11.8 Å². The first kappa shape index (κ1) is 13.0. The Hall–Kier alpha value is -1.04. The van der Waals surface area contributed by atoms with Crippen molar-refractivity contribution in [3.05, 3.63) is 5.82 Å². The van der Waals surface area contributed by atoms with Crippen LogP contribution in [-0.2, 0) is 17.8 Å². The van der Waals surface area contributed by atoms with Crippen LogP contribution in [0.5, 0.6) is 0 Å². The van der Waals surface area contributed by atoms with E-state index in [1.807, 2.05) is 11.5 Å². The Kier molecular flexibility index (Phi) is 4.79. The van der Waals surface area contributed by atoms with Crippen molar-refractivity contribution >= 4 is 17.7 Å². The van der Waals surface area contributed by atoms with Crippen LogP contribution < -0.4 is 0 Å². The molecule has 0 aliphatic rings. The zero-order valence-corrected chi connectivity index (χ0v) is 10.6. The third kappa shape index (κ3) is 3.52. The minimum Gasteiger partial charge on any atom is -0.481 e. The number of thioether (sulfide) groups is 1. The number of hydrogen-bond donors (Lipinski definition) is 1. The summed E-state index contributed by atoms with van der Waals surface area (Å²) < 4.78 is 2.01. The Morgan fingerprint density at radius 1 is 1.50 bits per heavy atom. The second kappa shape index (κ2) is 5.89. The van der Waals surface area contributed by atoms with E-state index in [-0.39, 0.29) is 5.75 Å². The summed E-state index contributed by atoms with van der Waals surface area (Å²) in [6, 6.07) is 0. The van der Waals surface area contributed by atoms with Gasteiger partial charge in [-0.15, -0.1) is 10.2 Å². The van der Waals surface area contributed by atoms with Crippen molar-refractivity contribution < 1.29 is 9.90 Å². The highest BCUT2D eigenvalue weighted by molar-refractivity contribution is 7.99. The first-order valence-electron chi connectivity index (χ1n) is 5.31. The molecule has 1 aromatic rings. The molecule has 5 nitrogen and oxygen atoms in total. The van der Waals surface area contributed by atoms with Crippen molar-refractivity contribution in [1.82, 2.24) is 14.8 Å². The molecule has 0 aliphatic heterocycles. The van der Waals surface area contributed by atoms with E-state index in [0.29, 0.717) is 11.1 Å². The highest BCUT2D eigenvalue weighted by Gasteiger charge is 2.13. The summed E-state index contributed by atoms with van der Waals surface area (Å²) in [5.41, 5.74) is 0. The quantitative estimate of drug-likeness (QED) is 0.770. The Morgan fingerprint density at radius 2 is 2.19 bits per heavy atom. The van der Waals surface area contributed by atoms with Gasteiger partial charge in [-0.25, -0.2) is 0 Å². The number of hydrogen-bond acceptors (Lipinski definition) is 4. The zero-order chi connectivity index (χ0) is 12.1. The number of carboxylic acid groups (broad SMARTS) is 1. The summed E-state index contributed by atoms with van der Waals surface area (Å²) in [4.78, 5) is 10.5. The molecule has 0 saturated heterocycles. The standard InChI is InChI=1S/C10H17N3O2S/c1-4-8-11-12-10(16-6-9(14)15)13(8)5-7(2)3/h7H,4-6H2,1-3H3,(H,14,15). The van der Waals surface area contributed by atoms with Crippen molar-refractivity contribution in [3.8, 4) is 0 Å². The van der Waals surface area contributed by atoms with E-state index in [0.717, 1.165) is 18.8 Å². The second-order valence-corrected chi connectivity index (χ2v) is 4.88. The first-order chi connectivity index (χ1) is 7.54. The van der Waals surface area contributed by atoms with Crippen LogP contribution in [0.3, 0.4) is 0 Å². The smallest absolute Gasteiger partial charge is 0.313 e. The molecule has 6 heteroatoms. The lowest BCUT2D eigenvalue weighted by Gasteiger charge is -2.10. The normalized spacial score (nSPS) is 11.0. The van der Waals surface area contributed by atoms with Gasteiger partial charge in [-0.1, -0.05) is 32.5 Å². The Morgan fingerprint density at radius 3 is 2.69 bits per heavy atom. The molecule has 0 fully saturated rings. The fourth-order valence-electron chi connectivity index (χ4n) is 1.36. The van der Waals surface area contributed by atoms with Gasteiger partial charge in [0.2, 0.25) is 0 Å². The molecule has 1 N–H and O–H groups in total. The average molecular weight is 243 g/mol. The molecule has 0 spiro atoms. The lowest BCUT2D eigenvalue weighted by molar-refractivity contribution is -0.133. The number of aliphatic carboxylic acids is 1. The summed E-state index contributed by atoms with van der Waals surface area (Å²) in [5.74, 6) is 0.606. The van der Waals surface area contributed by atoms with Crippen LogP contribution in [0.15, 0.2) is 5.16 Å². The number of carbonyl (C=O) groups is 1. The van der Waals surface area contributed by atoms with E-state index in [1.54, 1.807) is 0 Å². The largest absolute Gasteiger partial charge is 0.481 e. The summed E-state index contributed by atoms with van der Waals surface area (Å²) >= 11 is 1.22. The molecule has 0 saturated carbocycles. The summed E-state index contributed by atoms with van der Waals surface area (Å²) in [5, 5.41) is 17.4. The van der Waals surface area contributed by atoms with Crippen molar-refractivity contribution in [2.45, 2.75) is 38.9 Å². The number of rotatable bonds is 6. The van der Waals surface area contributed by atoms with Gasteiger partial charge >= 0.3 is 5.97 Å². The van der Waals surface area contributed by atoms with Crippen molar-refractivity contribution in [3.63, 3.8) is 0 Å². The third-order valence-electron chi connectivity index (χ3n) is 1.98. The van der Waals surface area contributed by atoms with Crippen molar-refractivity contribution in [1.29, 1.82) is 0 Å². The summed E-state index contributed by atoms with van der Waals surface area (Å²) in [7, 11) is 0. The first-order valence-corrected chi connectivity index (χ1v) is 6.29. The summed E-state index contributed by atoms with van der Waals surface area (Å²) in [6.45, 7) is 7.08. The Bertz CT molecular complexity index is 363. The molecule has 0 unspecified atom stereocenters. The molecular weight excluding hydrogens is 226 g/mol. The van der Waals surface area contributed by atoms with Gasteiger partial charge in [-0.05, 0) is 5.92 Å². The van der Waals surface area contributed by atoms with Gasteiger partial charge in [-0.2, -0.15) is 0 Å². The van der Waals surface area contributed by atoms with Gasteiger partial charge in [0.05, 0.1) is 5.75 Å². The van der Waals surface area contributed by atoms with Gasteiger partial charge in [0.1, 0.15) is 5.82 Å². The number of carboxylic acids is 1. The maximum atomic E-state index is 10.5. The fourth-order valence-corrected chi connectivity index (χ4v) is 2.05. The average Bonchev–Trinajstić information content (AvgIpc) is 2.56. The maximum Gasteiger partial charge on any atom is 0.313 e. The molecular formula is C10H17N3O2S. The lowest BCUT2D eigenvalue weighted by Crippen LogP contribution is -2.10. The molecule has 0 radical (unpaired) electrons.